The van der Waals surface area contributed by atoms with Crippen LogP contribution >= 0.6 is 0 Å². The average molecular weight is 654 g/mol. The van der Waals surface area contributed by atoms with Crippen LogP contribution in [-0.2, 0) is 36.9 Å². The fourth-order valence-electron chi connectivity index (χ4n) is 5.39. The number of carbonyl (C=O) groups excluding carboxylic acids is 6. The lowest BCUT2D eigenvalue weighted by Gasteiger charge is -2.26. The summed E-state index contributed by atoms with van der Waals surface area (Å²) in [6, 6.07) is 5.14. The number of ketones is 1. The number of benzene rings is 1. The molecule has 2 aliphatic rings. The van der Waals surface area contributed by atoms with Gasteiger partial charge in [-0.2, -0.15) is 5.10 Å². The number of Topliss-reactive ketones (excluding diaryl/α,β-unsaturated/α-hetero) is 1. The van der Waals surface area contributed by atoms with Crippen LogP contribution in [0.1, 0.15) is 67.3 Å². The van der Waals surface area contributed by atoms with E-state index in [1.807, 2.05) is 13.8 Å². The number of carbonyl (C=O) groups is 6. The molecule has 1 aromatic carbocycles. The third-order valence-electron chi connectivity index (χ3n) is 7.78. The van der Waals surface area contributed by atoms with Crippen molar-refractivity contribution in [3.63, 3.8) is 0 Å². The topological polar surface area (TPSA) is 181 Å². The van der Waals surface area contributed by atoms with E-state index in [2.05, 4.69) is 26.4 Å². The molecule has 0 radical (unpaired) electrons. The molecule has 5 amide bonds. The molecule has 0 saturated heterocycles. The number of nitrogens with one attached hydrogen (secondary N) is 4. The van der Waals surface area contributed by atoms with Gasteiger partial charge in [-0.1, -0.05) is 26.0 Å². The summed E-state index contributed by atoms with van der Waals surface area (Å²) in [7, 11) is 1.62. The zero-order valence-electron chi connectivity index (χ0n) is 28.1. The number of fused-ring (bicyclic) bond motifs is 19. The molecule has 14 heteroatoms. The maximum Gasteiger partial charge on any atom is 0.258 e. The predicted molar refractivity (Wildman–Crippen MR) is 174 cm³/mol. The Labute approximate surface area is 275 Å². The lowest BCUT2D eigenvalue weighted by Crippen LogP contribution is -2.50. The Bertz CT molecular complexity index is 1450. The summed E-state index contributed by atoms with van der Waals surface area (Å²) in [6.45, 7) is 8.99. The largest absolute Gasteiger partial charge is 0.484 e. The summed E-state index contributed by atoms with van der Waals surface area (Å²) in [5.74, 6) is -1.41. The van der Waals surface area contributed by atoms with Crippen molar-refractivity contribution in [3.05, 3.63) is 46.8 Å². The molecule has 1 aromatic heterocycles. The molecule has 0 fully saturated rings. The average Bonchev–Trinajstić information content (AvgIpc) is 3.28. The number of ether oxygens (including phenoxy) is 1. The second-order valence-corrected chi connectivity index (χ2v) is 12.3. The molecule has 256 valence electrons. The zero-order chi connectivity index (χ0) is 34.7. The van der Waals surface area contributed by atoms with Gasteiger partial charge < -0.3 is 30.9 Å². The second-order valence-electron chi connectivity index (χ2n) is 12.3. The second kappa shape index (κ2) is 17.2. The normalized spacial score (nSPS) is 19.2. The molecule has 2 aliphatic heterocycles. The van der Waals surface area contributed by atoms with Crippen molar-refractivity contribution in [1.29, 1.82) is 0 Å². The highest BCUT2D eigenvalue weighted by Crippen LogP contribution is 2.16. The molecular weight excluding hydrogens is 606 g/mol. The van der Waals surface area contributed by atoms with Gasteiger partial charge in [0.1, 0.15) is 24.4 Å². The van der Waals surface area contributed by atoms with Gasteiger partial charge in [-0.3, -0.25) is 33.4 Å². The molecular formula is C33H47N7O7. The third-order valence-corrected chi connectivity index (χ3v) is 7.78. The number of hydrogen-bond acceptors (Lipinski definition) is 8. The lowest BCUT2D eigenvalue weighted by molar-refractivity contribution is -0.136. The first kappa shape index (κ1) is 36.7. The Kier molecular flexibility index (Phi) is 13.5. The van der Waals surface area contributed by atoms with Crippen molar-refractivity contribution in [2.24, 2.45) is 5.92 Å². The zero-order valence-corrected chi connectivity index (χ0v) is 28.1. The molecule has 2 atom stereocenters. The Morgan fingerprint density at radius 2 is 1.74 bits per heavy atom. The van der Waals surface area contributed by atoms with Gasteiger partial charge >= 0.3 is 0 Å². The number of likely N-dealkylation sites (N-methyl/N-ethyl adjacent to an activating group) is 1. The maximum absolute atomic E-state index is 13.3. The number of amides is 5. The van der Waals surface area contributed by atoms with Gasteiger partial charge in [-0.05, 0) is 57.2 Å². The molecule has 47 heavy (non-hydrogen) atoms. The smallest absolute Gasteiger partial charge is 0.258 e. The van der Waals surface area contributed by atoms with E-state index in [1.165, 1.54) is 16.5 Å². The first-order chi connectivity index (χ1) is 22.2. The molecule has 3 heterocycles. The Morgan fingerprint density at radius 3 is 2.38 bits per heavy atom. The molecule has 0 saturated carbocycles. The van der Waals surface area contributed by atoms with Crippen LogP contribution in [0.15, 0.2) is 24.3 Å². The first-order valence-corrected chi connectivity index (χ1v) is 15.9. The molecule has 0 spiro atoms. The fourth-order valence-corrected chi connectivity index (χ4v) is 5.39. The Balaban J connectivity index is 1.77. The molecule has 2 bridgehead atoms. The van der Waals surface area contributed by atoms with Gasteiger partial charge in [-0.25, -0.2) is 0 Å². The minimum atomic E-state index is -0.959. The minimum Gasteiger partial charge on any atom is -0.484 e. The van der Waals surface area contributed by atoms with E-state index in [1.54, 1.807) is 45.2 Å². The summed E-state index contributed by atoms with van der Waals surface area (Å²) in [5.41, 5.74) is 2.27. The van der Waals surface area contributed by atoms with Crippen molar-refractivity contribution in [1.82, 2.24) is 35.9 Å². The number of rotatable bonds is 6. The van der Waals surface area contributed by atoms with Crippen LogP contribution in [0.3, 0.4) is 0 Å². The standard InChI is InChI=1S/C33H47N7O7/c1-20(2)16-27-33(46)39(6)15-14-34-30(44)19-47-25-11-9-24(10-12-25)17-26(32(45)35-13-7-8-28(42)37-27)36-29(43)18-40-22(4)31(23(5)41)21(3)38-40/h9-12,20,26-27H,7-8,13-19H2,1-6H3,(H,34,44)(H,35,45)(H,36,43)(H,37,42)/t26-,27-/m0/s1. The summed E-state index contributed by atoms with van der Waals surface area (Å²) in [6.07, 6.45) is 0.992. The van der Waals surface area contributed by atoms with E-state index >= 15 is 0 Å². The number of aryl methyl sites for hydroxylation is 1. The van der Waals surface area contributed by atoms with Crippen molar-refractivity contribution in [3.8, 4) is 5.75 Å². The maximum atomic E-state index is 13.3. The number of nitrogens with zero attached hydrogens (tertiary/aromatic N) is 3. The minimum absolute atomic E-state index is 0.0802. The third kappa shape index (κ3) is 11.2. The molecule has 4 N–H and O–H groups in total. The quantitative estimate of drug-likeness (QED) is 0.261. The lowest BCUT2D eigenvalue weighted by atomic mass is 10.0. The van der Waals surface area contributed by atoms with Gasteiger partial charge in [-0.15, -0.1) is 0 Å². The highest BCUT2D eigenvalue weighted by atomic mass is 16.5. The van der Waals surface area contributed by atoms with Crippen LogP contribution in [-0.4, -0.2) is 95.4 Å². The highest BCUT2D eigenvalue weighted by molar-refractivity contribution is 5.96. The summed E-state index contributed by atoms with van der Waals surface area (Å²) in [4.78, 5) is 78.2. The molecule has 0 unspecified atom stereocenters. The van der Waals surface area contributed by atoms with Crippen LogP contribution in [0.2, 0.25) is 0 Å². The van der Waals surface area contributed by atoms with Crippen molar-refractivity contribution in [2.75, 3.05) is 33.3 Å². The van der Waals surface area contributed by atoms with Gasteiger partial charge in [0, 0.05) is 45.2 Å². The molecule has 0 aliphatic carbocycles. The van der Waals surface area contributed by atoms with Crippen LogP contribution in [0, 0.1) is 19.8 Å². The van der Waals surface area contributed by atoms with E-state index in [4.69, 9.17) is 4.74 Å². The molecule has 2 aromatic rings. The summed E-state index contributed by atoms with van der Waals surface area (Å²) < 4.78 is 7.04. The van der Waals surface area contributed by atoms with Crippen LogP contribution in [0.4, 0.5) is 0 Å². The van der Waals surface area contributed by atoms with Crippen LogP contribution < -0.4 is 26.0 Å². The number of hydrogen-bond donors (Lipinski definition) is 4. The van der Waals surface area contributed by atoms with Gasteiger partial charge in [0.15, 0.2) is 12.4 Å². The van der Waals surface area contributed by atoms with Crippen LogP contribution in [0.25, 0.3) is 0 Å². The van der Waals surface area contributed by atoms with Gasteiger partial charge in [0.2, 0.25) is 23.6 Å². The van der Waals surface area contributed by atoms with E-state index < -0.39 is 23.9 Å². The summed E-state index contributed by atoms with van der Waals surface area (Å²) >= 11 is 0. The van der Waals surface area contributed by atoms with Crippen molar-refractivity contribution >= 4 is 35.3 Å². The first-order valence-electron chi connectivity index (χ1n) is 15.9. The fraction of sp³-hybridized carbons (Fsp3) is 0.545. The van der Waals surface area contributed by atoms with Crippen molar-refractivity contribution < 1.29 is 33.5 Å². The highest BCUT2D eigenvalue weighted by Gasteiger charge is 2.26. The number of aromatic nitrogens is 2. The summed E-state index contributed by atoms with van der Waals surface area (Å²) in [5, 5.41) is 15.5. The van der Waals surface area contributed by atoms with E-state index in [9.17, 15) is 28.8 Å². The van der Waals surface area contributed by atoms with E-state index in [0.717, 1.165) is 5.56 Å². The Hall–Kier alpha value is -4.75. The SMILES string of the molecule is CC(=O)c1c(C)nn(CC(=O)N[C@H]2Cc3ccc(cc3)OCC(=O)NCCN(C)C(=O)[C@H](CC(C)C)NC(=O)CCCNC2=O)c1C. The van der Waals surface area contributed by atoms with E-state index in [-0.39, 0.29) is 75.1 Å². The van der Waals surface area contributed by atoms with Gasteiger partial charge in [0.25, 0.3) is 5.91 Å². The Morgan fingerprint density at radius 1 is 1.04 bits per heavy atom. The molecule has 14 nitrogen and oxygen atoms in total. The van der Waals surface area contributed by atoms with Crippen LogP contribution in [0.5, 0.6) is 5.75 Å². The van der Waals surface area contributed by atoms with E-state index in [0.29, 0.717) is 35.5 Å². The predicted octanol–water partition coefficient (Wildman–Crippen LogP) is 0.824. The van der Waals surface area contributed by atoms with Gasteiger partial charge in [0.05, 0.1) is 11.3 Å². The molecule has 4 rings (SSSR count). The van der Waals surface area contributed by atoms with Crippen molar-refractivity contribution in [2.45, 2.75) is 78.9 Å². The monoisotopic (exact) mass is 653 g/mol.